The van der Waals surface area contributed by atoms with Crippen molar-refractivity contribution in [2.24, 2.45) is 0 Å². The summed E-state index contributed by atoms with van der Waals surface area (Å²) in [6.07, 6.45) is 1.67. The standard InChI is InChI=1S/C12H17ClN2O/c1-8-5-11(14)10(13)6-12(8)15-4-2-3-9(16)7-15/h5-6,9,16H,2-4,7,14H2,1H3. The summed E-state index contributed by atoms with van der Waals surface area (Å²) in [5.74, 6) is 0. The molecule has 2 rings (SSSR count). The molecule has 1 aliphatic rings. The molecule has 4 heteroatoms. The first-order chi connectivity index (χ1) is 7.58. The van der Waals surface area contributed by atoms with Crippen LogP contribution in [0.4, 0.5) is 11.4 Å². The first-order valence-corrected chi connectivity index (χ1v) is 5.94. The minimum Gasteiger partial charge on any atom is -0.398 e. The van der Waals surface area contributed by atoms with Crippen molar-refractivity contribution in [3.05, 3.63) is 22.7 Å². The van der Waals surface area contributed by atoms with Crippen molar-refractivity contribution in [3.63, 3.8) is 0 Å². The van der Waals surface area contributed by atoms with Crippen molar-refractivity contribution in [2.75, 3.05) is 23.7 Å². The highest BCUT2D eigenvalue weighted by molar-refractivity contribution is 6.33. The third-order valence-corrected chi connectivity index (χ3v) is 3.38. The first kappa shape index (κ1) is 11.6. The summed E-state index contributed by atoms with van der Waals surface area (Å²) in [6.45, 7) is 3.67. The second-order valence-corrected chi connectivity index (χ2v) is 4.81. The summed E-state index contributed by atoms with van der Waals surface area (Å²) in [5.41, 5.74) is 8.55. The monoisotopic (exact) mass is 240 g/mol. The molecule has 16 heavy (non-hydrogen) atoms. The fourth-order valence-electron chi connectivity index (χ4n) is 2.21. The molecule has 1 aliphatic heterocycles. The van der Waals surface area contributed by atoms with E-state index in [2.05, 4.69) is 4.90 Å². The molecule has 0 aromatic heterocycles. The predicted octanol–water partition coefficient (Wildman–Crippen LogP) is 2.19. The number of nitrogens with two attached hydrogens (primary N) is 1. The third kappa shape index (κ3) is 2.25. The highest BCUT2D eigenvalue weighted by Crippen LogP contribution is 2.30. The summed E-state index contributed by atoms with van der Waals surface area (Å²) in [4.78, 5) is 2.18. The Morgan fingerprint density at radius 2 is 2.25 bits per heavy atom. The minimum absolute atomic E-state index is 0.232. The molecule has 1 aromatic carbocycles. The molecule has 0 saturated carbocycles. The number of aliphatic hydroxyl groups excluding tert-OH is 1. The van der Waals surface area contributed by atoms with Crippen molar-refractivity contribution in [3.8, 4) is 0 Å². The number of nitrogen functional groups attached to an aromatic ring is 1. The van der Waals surface area contributed by atoms with Gasteiger partial charge in [0.2, 0.25) is 0 Å². The molecule has 3 N–H and O–H groups in total. The van der Waals surface area contributed by atoms with E-state index in [1.54, 1.807) is 0 Å². The molecule has 0 bridgehead atoms. The van der Waals surface area contributed by atoms with Crippen molar-refractivity contribution < 1.29 is 5.11 Å². The van der Waals surface area contributed by atoms with Crippen LogP contribution in [-0.4, -0.2) is 24.3 Å². The van der Waals surface area contributed by atoms with Crippen LogP contribution in [0.2, 0.25) is 5.02 Å². The zero-order valence-electron chi connectivity index (χ0n) is 9.41. The van der Waals surface area contributed by atoms with E-state index < -0.39 is 0 Å². The van der Waals surface area contributed by atoms with Gasteiger partial charge in [-0.15, -0.1) is 0 Å². The van der Waals surface area contributed by atoms with E-state index in [9.17, 15) is 5.11 Å². The summed E-state index contributed by atoms with van der Waals surface area (Å²) < 4.78 is 0. The Morgan fingerprint density at radius 1 is 1.50 bits per heavy atom. The lowest BCUT2D eigenvalue weighted by Gasteiger charge is -2.33. The Kier molecular flexibility index (Phi) is 3.26. The van der Waals surface area contributed by atoms with Crippen molar-refractivity contribution >= 4 is 23.0 Å². The molecule has 0 spiro atoms. The molecule has 0 amide bonds. The van der Waals surface area contributed by atoms with Gasteiger partial charge >= 0.3 is 0 Å². The van der Waals surface area contributed by atoms with Crippen LogP contribution in [0.15, 0.2) is 12.1 Å². The molecule has 88 valence electrons. The SMILES string of the molecule is Cc1cc(N)c(Cl)cc1N1CCCC(O)C1. The molecular weight excluding hydrogens is 224 g/mol. The third-order valence-electron chi connectivity index (χ3n) is 3.05. The predicted molar refractivity (Wildman–Crippen MR) is 68.1 cm³/mol. The van der Waals surface area contributed by atoms with E-state index in [-0.39, 0.29) is 6.10 Å². The summed E-state index contributed by atoms with van der Waals surface area (Å²) in [6, 6.07) is 3.78. The average molecular weight is 241 g/mol. The number of hydrogen-bond acceptors (Lipinski definition) is 3. The average Bonchev–Trinajstić information content (AvgIpc) is 2.23. The number of aryl methyl sites for hydroxylation is 1. The van der Waals surface area contributed by atoms with E-state index in [0.29, 0.717) is 17.3 Å². The second kappa shape index (κ2) is 4.52. The molecular formula is C12H17ClN2O. The first-order valence-electron chi connectivity index (χ1n) is 5.56. The Labute approximate surface area is 101 Å². The Morgan fingerprint density at radius 3 is 2.94 bits per heavy atom. The number of piperidine rings is 1. The largest absolute Gasteiger partial charge is 0.398 e. The zero-order chi connectivity index (χ0) is 11.7. The Balaban J connectivity index is 2.29. The number of aliphatic hydroxyl groups is 1. The molecule has 1 fully saturated rings. The molecule has 1 aromatic rings. The van der Waals surface area contributed by atoms with Gasteiger partial charge in [-0.2, -0.15) is 0 Å². The number of nitrogens with zero attached hydrogens (tertiary/aromatic N) is 1. The van der Waals surface area contributed by atoms with Gasteiger partial charge in [-0.3, -0.25) is 0 Å². The van der Waals surface area contributed by atoms with Crippen LogP contribution in [0.25, 0.3) is 0 Å². The maximum Gasteiger partial charge on any atom is 0.0715 e. The van der Waals surface area contributed by atoms with Crippen molar-refractivity contribution in [1.82, 2.24) is 0 Å². The number of anilines is 2. The topological polar surface area (TPSA) is 49.5 Å². The van der Waals surface area contributed by atoms with E-state index in [0.717, 1.165) is 30.6 Å². The highest BCUT2D eigenvalue weighted by Gasteiger charge is 2.19. The van der Waals surface area contributed by atoms with E-state index in [4.69, 9.17) is 17.3 Å². The van der Waals surface area contributed by atoms with Gasteiger partial charge in [-0.25, -0.2) is 0 Å². The maximum absolute atomic E-state index is 9.66. The lowest BCUT2D eigenvalue weighted by Crippen LogP contribution is -2.38. The number of rotatable bonds is 1. The van der Waals surface area contributed by atoms with Gasteiger partial charge in [0.05, 0.1) is 16.8 Å². The van der Waals surface area contributed by atoms with E-state index >= 15 is 0 Å². The van der Waals surface area contributed by atoms with E-state index in [1.165, 1.54) is 0 Å². The van der Waals surface area contributed by atoms with Crippen LogP contribution in [0.5, 0.6) is 0 Å². The molecule has 1 saturated heterocycles. The van der Waals surface area contributed by atoms with Crippen molar-refractivity contribution in [2.45, 2.75) is 25.9 Å². The highest BCUT2D eigenvalue weighted by atomic mass is 35.5. The lowest BCUT2D eigenvalue weighted by atomic mass is 10.1. The van der Waals surface area contributed by atoms with Gasteiger partial charge in [0, 0.05) is 18.8 Å². The van der Waals surface area contributed by atoms with Gasteiger partial charge in [0.15, 0.2) is 0 Å². The number of halogens is 1. The molecule has 1 unspecified atom stereocenters. The normalized spacial score (nSPS) is 21.2. The van der Waals surface area contributed by atoms with Crippen LogP contribution < -0.4 is 10.6 Å². The van der Waals surface area contributed by atoms with Crippen LogP contribution in [-0.2, 0) is 0 Å². The van der Waals surface area contributed by atoms with E-state index in [1.807, 2.05) is 19.1 Å². The molecule has 1 atom stereocenters. The summed E-state index contributed by atoms with van der Waals surface area (Å²) in [5, 5.41) is 10.2. The number of hydrogen-bond donors (Lipinski definition) is 2. The minimum atomic E-state index is -0.232. The van der Waals surface area contributed by atoms with Gasteiger partial charge in [-0.05, 0) is 37.5 Å². The van der Waals surface area contributed by atoms with Crippen LogP contribution in [0.1, 0.15) is 18.4 Å². The summed E-state index contributed by atoms with van der Waals surface area (Å²) >= 11 is 6.03. The van der Waals surface area contributed by atoms with Gasteiger partial charge in [0.1, 0.15) is 0 Å². The maximum atomic E-state index is 9.66. The Hall–Kier alpha value is -0.930. The van der Waals surface area contributed by atoms with Crippen LogP contribution >= 0.6 is 11.6 Å². The number of benzene rings is 1. The zero-order valence-corrected chi connectivity index (χ0v) is 10.2. The lowest BCUT2D eigenvalue weighted by molar-refractivity contribution is 0.154. The molecule has 0 aliphatic carbocycles. The van der Waals surface area contributed by atoms with Crippen LogP contribution in [0.3, 0.4) is 0 Å². The fraction of sp³-hybridized carbons (Fsp3) is 0.500. The Bertz CT molecular complexity index is 395. The van der Waals surface area contributed by atoms with Gasteiger partial charge < -0.3 is 15.7 Å². The fourth-order valence-corrected chi connectivity index (χ4v) is 2.37. The number of β-amino-alcohol motifs (C(OH)–C–C–N with tert-alkyl or cyclic N) is 1. The van der Waals surface area contributed by atoms with Gasteiger partial charge in [-0.1, -0.05) is 11.6 Å². The van der Waals surface area contributed by atoms with Crippen LogP contribution in [0, 0.1) is 6.92 Å². The van der Waals surface area contributed by atoms with Gasteiger partial charge in [0.25, 0.3) is 0 Å². The molecule has 3 nitrogen and oxygen atoms in total. The van der Waals surface area contributed by atoms with Crippen molar-refractivity contribution in [1.29, 1.82) is 0 Å². The smallest absolute Gasteiger partial charge is 0.0715 e. The quantitative estimate of drug-likeness (QED) is 0.740. The molecule has 0 radical (unpaired) electrons. The second-order valence-electron chi connectivity index (χ2n) is 4.40. The summed E-state index contributed by atoms with van der Waals surface area (Å²) in [7, 11) is 0. The molecule has 1 heterocycles.